The molecule has 18 heavy (non-hydrogen) atoms. The first kappa shape index (κ1) is 13.0. The van der Waals surface area contributed by atoms with Crippen molar-refractivity contribution in [3.05, 3.63) is 35.5 Å². The predicted octanol–water partition coefficient (Wildman–Crippen LogP) is 3.09. The fourth-order valence-electron chi connectivity index (χ4n) is 2.11. The fraction of sp³-hybridized carbons (Fsp3) is 0.385. The quantitative estimate of drug-likeness (QED) is 0.879. The largest absolute Gasteiger partial charge is 0.416 e. The topological polar surface area (TPSA) is 30.9 Å². The van der Waals surface area contributed by atoms with Crippen molar-refractivity contribution in [2.24, 2.45) is 12.8 Å². The van der Waals surface area contributed by atoms with Gasteiger partial charge < -0.3 is 10.3 Å². The van der Waals surface area contributed by atoms with Gasteiger partial charge in [0.1, 0.15) is 0 Å². The van der Waals surface area contributed by atoms with E-state index in [-0.39, 0.29) is 6.04 Å². The van der Waals surface area contributed by atoms with Crippen molar-refractivity contribution in [2.45, 2.75) is 25.6 Å². The lowest BCUT2D eigenvalue weighted by molar-refractivity contribution is -0.137. The Balaban J connectivity index is 2.52. The zero-order chi connectivity index (χ0) is 13.5. The van der Waals surface area contributed by atoms with Crippen LogP contribution >= 0.6 is 0 Å². The van der Waals surface area contributed by atoms with Crippen LogP contribution in [-0.2, 0) is 19.6 Å². The molecular formula is C13H15F3N2. The summed E-state index contributed by atoms with van der Waals surface area (Å²) in [5.74, 6) is 0. The van der Waals surface area contributed by atoms with Crippen LogP contribution < -0.4 is 5.73 Å². The van der Waals surface area contributed by atoms with Crippen molar-refractivity contribution in [3.63, 3.8) is 0 Å². The lowest BCUT2D eigenvalue weighted by atomic mass is 10.1. The molecule has 5 heteroatoms. The molecule has 0 aliphatic heterocycles. The van der Waals surface area contributed by atoms with Crippen molar-refractivity contribution in [1.82, 2.24) is 4.57 Å². The molecule has 1 heterocycles. The Hall–Kier alpha value is -1.49. The Morgan fingerprint density at radius 2 is 1.94 bits per heavy atom. The molecule has 2 aromatic rings. The lowest BCUT2D eigenvalue weighted by Crippen LogP contribution is -2.19. The van der Waals surface area contributed by atoms with Crippen molar-refractivity contribution in [1.29, 1.82) is 0 Å². The van der Waals surface area contributed by atoms with E-state index < -0.39 is 11.7 Å². The monoisotopic (exact) mass is 256 g/mol. The molecule has 0 saturated carbocycles. The highest BCUT2D eigenvalue weighted by Gasteiger charge is 2.30. The third-order valence-corrected chi connectivity index (χ3v) is 3.00. The maximum Gasteiger partial charge on any atom is 0.416 e. The third kappa shape index (κ3) is 2.36. The number of rotatable bonds is 2. The van der Waals surface area contributed by atoms with Crippen LogP contribution in [0.1, 0.15) is 18.2 Å². The minimum absolute atomic E-state index is 0.0184. The number of nitrogens with zero attached hydrogens (tertiary/aromatic N) is 1. The second-order valence-electron chi connectivity index (χ2n) is 4.65. The highest BCUT2D eigenvalue weighted by molar-refractivity contribution is 5.82. The van der Waals surface area contributed by atoms with Gasteiger partial charge in [0, 0.05) is 36.1 Å². The number of nitrogens with two attached hydrogens (primary N) is 1. The highest BCUT2D eigenvalue weighted by atomic mass is 19.4. The Morgan fingerprint density at radius 3 is 2.50 bits per heavy atom. The fourth-order valence-corrected chi connectivity index (χ4v) is 2.11. The van der Waals surface area contributed by atoms with E-state index in [0.29, 0.717) is 11.8 Å². The number of aromatic nitrogens is 1. The standard InChI is InChI=1S/C13H15F3N2/c1-8(17)5-11-7-9-6-10(13(14,15)16)3-4-12(9)18(11)2/h3-4,6-8H,5,17H2,1-2H3. The van der Waals surface area contributed by atoms with Crippen molar-refractivity contribution in [3.8, 4) is 0 Å². The van der Waals surface area contributed by atoms with E-state index in [2.05, 4.69) is 0 Å². The normalized spacial score (nSPS) is 14.1. The summed E-state index contributed by atoms with van der Waals surface area (Å²) >= 11 is 0. The minimum atomic E-state index is -4.30. The number of aryl methyl sites for hydroxylation is 1. The summed E-state index contributed by atoms with van der Waals surface area (Å²) in [7, 11) is 1.84. The van der Waals surface area contributed by atoms with E-state index in [1.54, 1.807) is 6.07 Å². The number of hydrogen-bond donors (Lipinski definition) is 1. The van der Waals surface area contributed by atoms with Gasteiger partial charge in [-0.05, 0) is 31.2 Å². The van der Waals surface area contributed by atoms with Gasteiger partial charge in [-0.1, -0.05) is 0 Å². The SMILES string of the molecule is CC(N)Cc1cc2cc(C(F)(F)F)ccc2n1C. The molecule has 0 fully saturated rings. The summed E-state index contributed by atoms with van der Waals surface area (Å²) in [4.78, 5) is 0. The van der Waals surface area contributed by atoms with Gasteiger partial charge in [0.05, 0.1) is 5.56 Å². The summed E-state index contributed by atoms with van der Waals surface area (Å²) in [6.45, 7) is 1.87. The van der Waals surface area contributed by atoms with E-state index in [4.69, 9.17) is 5.73 Å². The number of hydrogen-bond acceptors (Lipinski definition) is 1. The van der Waals surface area contributed by atoms with Crippen LogP contribution in [0.2, 0.25) is 0 Å². The average Bonchev–Trinajstić information content (AvgIpc) is 2.53. The van der Waals surface area contributed by atoms with Crippen molar-refractivity contribution in [2.75, 3.05) is 0 Å². The number of alkyl halides is 3. The summed E-state index contributed by atoms with van der Waals surface area (Å²) in [5.41, 5.74) is 6.84. The number of fused-ring (bicyclic) bond motifs is 1. The van der Waals surface area contributed by atoms with E-state index in [1.165, 1.54) is 12.1 Å². The van der Waals surface area contributed by atoms with Gasteiger partial charge in [-0.3, -0.25) is 0 Å². The maximum absolute atomic E-state index is 12.6. The molecule has 0 amide bonds. The van der Waals surface area contributed by atoms with Gasteiger partial charge in [-0.25, -0.2) is 0 Å². The zero-order valence-electron chi connectivity index (χ0n) is 10.3. The molecule has 0 aliphatic carbocycles. The molecular weight excluding hydrogens is 241 g/mol. The summed E-state index contributed by atoms with van der Waals surface area (Å²) in [6, 6.07) is 5.55. The van der Waals surface area contributed by atoms with E-state index in [9.17, 15) is 13.2 Å². The molecule has 2 N–H and O–H groups in total. The lowest BCUT2D eigenvalue weighted by Gasteiger charge is -2.07. The van der Waals surface area contributed by atoms with E-state index in [1.807, 2.05) is 18.5 Å². The van der Waals surface area contributed by atoms with Crippen molar-refractivity contribution >= 4 is 10.9 Å². The molecule has 1 atom stereocenters. The first-order valence-corrected chi connectivity index (χ1v) is 5.70. The van der Waals surface area contributed by atoms with Crippen LogP contribution in [0.4, 0.5) is 13.2 Å². The van der Waals surface area contributed by atoms with Crippen LogP contribution in [-0.4, -0.2) is 10.6 Å². The summed E-state index contributed by atoms with van der Waals surface area (Å²) in [6.07, 6.45) is -3.65. The molecule has 2 nitrogen and oxygen atoms in total. The molecule has 2 rings (SSSR count). The van der Waals surface area contributed by atoms with Crippen LogP contribution in [0.3, 0.4) is 0 Å². The van der Waals surface area contributed by atoms with Crippen LogP contribution in [0.5, 0.6) is 0 Å². The Labute approximate surface area is 103 Å². The van der Waals surface area contributed by atoms with Crippen LogP contribution in [0.15, 0.2) is 24.3 Å². The molecule has 0 bridgehead atoms. The zero-order valence-corrected chi connectivity index (χ0v) is 10.3. The van der Waals surface area contributed by atoms with Crippen LogP contribution in [0.25, 0.3) is 10.9 Å². The highest BCUT2D eigenvalue weighted by Crippen LogP contribution is 2.32. The van der Waals surface area contributed by atoms with Gasteiger partial charge >= 0.3 is 6.18 Å². The minimum Gasteiger partial charge on any atom is -0.348 e. The Morgan fingerprint density at radius 1 is 1.28 bits per heavy atom. The van der Waals surface area contributed by atoms with Gasteiger partial charge in [0.15, 0.2) is 0 Å². The van der Waals surface area contributed by atoms with E-state index >= 15 is 0 Å². The second-order valence-corrected chi connectivity index (χ2v) is 4.65. The van der Waals surface area contributed by atoms with Crippen LogP contribution in [0, 0.1) is 0 Å². The number of halogens is 3. The molecule has 0 aliphatic rings. The van der Waals surface area contributed by atoms with Gasteiger partial charge in [-0.15, -0.1) is 0 Å². The Bertz CT molecular complexity index is 567. The molecule has 0 spiro atoms. The molecule has 1 aromatic heterocycles. The molecule has 98 valence electrons. The molecule has 0 radical (unpaired) electrons. The van der Waals surface area contributed by atoms with Crippen molar-refractivity contribution < 1.29 is 13.2 Å². The smallest absolute Gasteiger partial charge is 0.348 e. The first-order valence-electron chi connectivity index (χ1n) is 5.70. The third-order valence-electron chi connectivity index (χ3n) is 3.00. The van der Waals surface area contributed by atoms with Gasteiger partial charge in [0.2, 0.25) is 0 Å². The predicted molar refractivity (Wildman–Crippen MR) is 65.3 cm³/mol. The number of benzene rings is 1. The van der Waals surface area contributed by atoms with Gasteiger partial charge in [-0.2, -0.15) is 13.2 Å². The molecule has 0 saturated heterocycles. The van der Waals surface area contributed by atoms with E-state index in [0.717, 1.165) is 17.3 Å². The summed E-state index contributed by atoms with van der Waals surface area (Å²) < 4.78 is 39.7. The Kier molecular flexibility index (Phi) is 3.11. The maximum atomic E-state index is 12.6. The molecule has 1 aromatic carbocycles. The average molecular weight is 256 g/mol. The van der Waals surface area contributed by atoms with Gasteiger partial charge in [0.25, 0.3) is 0 Å². The second kappa shape index (κ2) is 4.31. The molecule has 1 unspecified atom stereocenters. The summed E-state index contributed by atoms with van der Waals surface area (Å²) in [5, 5.41) is 0.600. The first-order chi connectivity index (χ1) is 8.29.